The molecule has 0 bridgehead atoms. The Hall–Kier alpha value is -1.85. The summed E-state index contributed by atoms with van der Waals surface area (Å²) in [6, 6.07) is 12.3. The second kappa shape index (κ2) is 5.74. The highest BCUT2D eigenvalue weighted by Gasteiger charge is 2.26. The van der Waals surface area contributed by atoms with Gasteiger partial charge in [0.25, 0.3) is 0 Å². The van der Waals surface area contributed by atoms with Crippen molar-refractivity contribution in [3.63, 3.8) is 0 Å². The van der Waals surface area contributed by atoms with E-state index >= 15 is 0 Å². The Balaban J connectivity index is 1.90. The first-order valence-electron chi connectivity index (χ1n) is 7.39. The van der Waals surface area contributed by atoms with Gasteiger partial charge in [0.1, 0.15) is 5.75 Å². The third-order valence-corrected chi connectivity index (χ3v) is 6.00. The molecule has 1 fully saturated rings. The zero-order valence-electron chi connectivity index (χ0n) is 12.5. The van der Waals surface area contributed by atoms with E-state index in [2.05, 4.69) is 0 Å². The lowest BCUT2D eigenvalue weighted by Gasteiger charge is -2.15. The average molecular weight is 317 g/mol. The number of aromatic hydroxyl groups is 1. The van der Waals surface area contributed by atoms with Gasteiger partial charge in [-0.05, 0) is 60.7 Å². The van der Waals surface area contributed by atoms with Crippen molar-refractivity contribution in [3.05, 3.63) is 48.0 Å². The van der Waals surface area contributed by atoms with Gasteiger partial charge in [0.05, 0.1) is 4.90 Å². The van der Waals surface area contributed by atoms with Gasteiger partial charge in [-0.1, -0.05) is 18.2 Å². The summed E-state index contributed by atoms with van der Waals surface area (Å²) in [5.74, 6) is 0.261. The van der Waals surface area contributed by atoms with Gasteiger partial charge in [-0.2, -0.15) is 4.31 Å². The number of hydrogen-bond acceptors (Lipinski definition) is 3. The quantitative estimate of drug-likeness (QED) is 0.946. The van der Waals surface area contributed by atoms with Crippen LogP contribution >= 0.6 is 0 Å². The molecule has 1 saturated heterocycles. The number of hydrogen-bond donors (Lipinski definition) is 1. The van der Waals surface area contributed by atoms with E-state index in [1.54, 1.807) is 22.5 Å². The van der Waals surface area contributed by atoms with Crippen LogP contribution in [0.2, 0.25) is 0 Å². The molecule has 1 heterocycles. The molecule has 0 atom stereocenters. The highest BCUT2D eigenvalue weighted by atomic mass is 32.2. The van der Waals surface area contributed by atoms with E-state index in [0.717, 1.165) is 29.5 Å². The Labute approximate surface area is 131 Å². The fourth-order valence-corrected chi connectivity index (χ4v) is 4.25. The molecule has 0 aromatic heterocycles. The number of phenols is 1. The minimum Gasteiger partial charge on any atom is -0.508 e. The van der Waals surface area contributed by atoms with E-state index in [4.69, 9.17) is 0 Å². The zero-order valence-corrected chi connectivity index (χ0v) is 13.3. The Bertz CT molecular complexity index is 776. The monoisotopic (exact) mass is 317 g/mol. The van der Waals surface area contributed by atoms with E-state index in [-0.39, 0.29) is 5.75 Å². The molecule has 1 N–H and O–H groups in total. The highest BCUT2D eigenvalue weighted by Crippen LogP contribution is 2.27. The molecule has 3 rings (SSSR count). The number of aryl methyl sites for hydroxylation is 1. The summed E-state index contributed by atoms with van der Waals surface area (Å²) in [5, 5.41) is 9.58. The van der Waals surface area contributed by atoms with Crippen molar-refractivity contribution in [2.45, 2.75) is 24.7 Å². The van der Waals surface area contributed by atoms with Crippen LogP contribution in [0.15, 0.2) is 47.4 Å². The van der Waals surface area contributed by atoms with Crippen LogP contribution in [0.3, 0.4) is 0 Å². The molecule has 0 spiro atoms. The molecule has 0 aliphatic carbocycles. The fraction of sp³-hybridized carbons (Fsp3) is 0.294. The first-order valence-corrected chi connectivity index (χ1v) is 8.83. The lowest BCUT2D eigenvalue weighted by atomic mass is 10.0. The smallest absolute Gasteiger partial charge is 0.243 e. The summed E-state index contributed by atoms with van der Waals surface area (Å²) >= 11 is 0. The summed E-state index contributed by atoms with van der Waals surface area (Å²) in [7, 11) is -3.36. The van der Waals surface area contributed by atoms with Crippen LogP contribution in [0.25, 0.3) is 11.1 Å². The van der Waals surface area contributed by atoms with E-state index in [9.17, 15) is 13.5 Å². The topological polar surface area (TPSA) is 57.6 Å². The Kier molecular flexibility index (Phi) is 3.93. The molecular weight excluding hydrogens is 298 g/mol. The summed E-state index contributed by atoms with van der Waals surface area (Å²) in [6.45, 7) is 3.06. The molecule has 1 aliphatic rings. The SMILES string of the molecule is Cc1cc(-c2ccc(S(=O)(=O)N3CCCC3)cc2)ccc1O. The molecule has 4 nitrogen and oxygen atoms in total. The molecule has 0 radical (unpaired) electrons. The van der Waals surface area contributed by atoms with Crippen molar-refractivity contribution < 1.29 is 13.5 Å². The van der Waals surface area contributed by atoms with Crippen LogP contribution in [0.4, 0.5) is 0 Å². The van der Waals surface area contributed by atoms with Crippen LogP contribution in [0.1, 0.15) is 18.4 Å². The first kappa shape index (κ1) is 15.1. The van der Waals surface area contributed by atoms with Crippen molar-refractivity contribution in [3.8, 4) is 16.9 Å². The highest BCUT2D eigenvalue weighted by molar-refractivity contribution is 7.89. The Morgan fingerprint density at radius 1 is 0.955 bits per heavy atom. The number of phenolic OH excluding ortho intramolecular Hbond substituents is 1. The summed E-state index contributed by atoms with van der Waals surface area (Å²) in [4.78, 5) is 0.341. The van der Waals surface area contributed by atoms with Gasteiger partial charge < -0.3 is 5.11 Å². The normalized spacial score (nSPS) is 16.0. The van der Waals surface area contributed by atoms with Gasteiger partial charge in [0.2, 0.25) is 10.0 Å². The number of benzene rings is 2. The minimum atomic E-state index is -3.36. The van der Waals surface area contributed by atoms with Gasteiger partial charge >= 0.3 is 0 Å². The van der Waals surface area contributed by atoms with E-state index < -0.39 is 10.0 Å². The van der Waals surface area contributed by atoms with E-state index in [1.165, 1.54) is 0 Å². The molecule has 0 amide bonds. The van der Waals surface area contributed by atoms with Gasteiger partial charge in [-0.25, -0.2) is 8.42 Å². The maximum atomic E-state index is 12.5. The molecule has 2 aromatic rings. The largest absolute Gasteiger partial charge is 0.508 e. The average Bonchev–Trinajstić information content (AvgIpc) is 3.05. The van der Waals surface area contributed by atoms with Crippen molar-refractivity contribution in [2.24, 2.45) is 0 Å². The summed E-state index contributed by atoms with van der Waals surface area (Å²) < 4.78 is 26.5. The van der Waals surface area contributed by atoms with Crippen LogP contribution in [-0.4, -0.2) is 30.9 Å². The molecule has 0 saturated carbocycles. The lowest BCUT2D eigenvalue weighted by Crippen LogP contribution is -2.27. The Morgan fingerprint density at radius 3 is 2.14 bits per heavy atom. The molecule has 5 heteroatoms. The molecular formula is C17H19NO3S. The standard InChI is InChI=1S/C17H19NO3S/c1-13-12-15(6-9-17(13)19)14-4-7-16(8-5-14)22(20,21)18-10-2-3-11-18/h4-9,12,19H,2-3,10-11H2,1H3. The summed E-state index contributed by atoms with van der Waals surface area (Å²) in [5.41, 5.74) is 2.69. The van der Waals surface area contributed by atoms with Crippen LogP contribution in [-0.2, 0) is 10.0 Å². The maximum Gasteiger partial charge on any atom is 0.243 e. The molecule has 0 unspecified atom stereocenters. The van der Waals surface area contributed by atoms with E-state index in [1.807, 2.05) is 31.2 Å². The van der Waals surface area contributed by atoms with Crippen LogP contribution in [0.5, 0.6) is 5.75 Å². The van der Waals surface area contributed by atoms with Gasteiger partial charge in [-0.3, -0.25) is 0 Å². The van der Waals surface area contributed by atoms with Crippen LogP contribution in [0, 0.1) is 6.92 Å². The minimum absolute atomic E-state index is 0.261. The predicted molar refractivity (Wildman–Crippen MR) is 86.3 cm³/mol. The zero-order chi connectivity index (χ0) is 15.7. The fourth-order valence-electron chi connectivity index (χ4n) is 2.73. The number of rotatable bonds is 3. The van der Waals surface area contributed by atoms with Gasteiger partial charge in [-0.15, -0.1) is 0 Å². The van der Waals surface area contributed by atoms with Crippen molar-refractivity contribution in [1.82, 2.24) is 4.31 Å². The molecule has 22 heavy (non-hydrogen) atoms. The molecule has 1 aliphatic heterocycles. The summed E-state index contributed by atoms with van der Waals surface area (Å²) in [6.07, 6.45) is 1.87. The van der Waals surface area contributed by atoms with E-state index in [0.29, 0.717) is 18.0 Å². The molecule has 2 aromatic carbocycles. The van der Waals surface area contributed by atoms with Gasteiger partial charge in [0, 0.05) is 13.1 Å². The Morgan fingerprint density at radius 2 is 1.55 bits per heavy atom. The third-order valence-electron chi connectivity index (χ3n) is 4.09. The molecule has 116 valence electrons. The lowest BCUT2D eigenvalue weighted by molar-refractivity contribution is 0.471. The van der Waals surface area contributed by atoms with Gasteiger partial charge in [0.15, 0.2) is 0 Å². The number of sulfonamides is 1. The predicted octanol–water partition coefficient (Wildman–Crippen LogP) is 3.15. The van der Waals surface area contributed by atoms with Crippen molar-refractivity contribution in [2.75, 3.05) is 13.1 Å². The third kappa shape index (κ3) is 2.74. The first-order chi connectivity index (χ1) is 10.5. The second-order valence-corrected chi connectivity index (χ2v) is 7.57. The van der Waals surface area contributed by atoms with Crippen molar-refractivity contribution in [1.29, 1.82) is 0 Å². The second-order valence-electron chi connectivity index (χ2n) is 5.64. The number of nitrogens with zero attached hydrogens (tertiary/aromatic N) is 1. The van der Waals surface area contributed by atoms with Crippen molar-refractivity contribution >= 4 is 10.0 Å². The van der Waals surface area contributed by atoms with Crippen LogP contribution < -0.4 is 0 Å². The maximum absolute atomic E-state index is 12.5.